The number of carbonyl (C=O) groups is 1. The normalized spacial score (nSPS) is 22.5. The van der Waals surface area contributed by atoms with Crippen molar-refractivity contribution in [3.8, 4) is 6.01 Å². The predicted molar refractivity (Wildman–Crippen MR) is 162 cm³/mol. The highest BCUT2D eigenvalue weighted by Crippen LogP contribution is 2.41. The summed E-state index contributed by atoms with van der Waals surface area (Å²) < 4.78 is 42.5. The van der Waals surface area contributed by atoms with Crippen LogP contribution in [0.5, 0.6) is 6.01 Å². The van der Waals surface area contributed by atoms with E-state index in [0.717, 1.165) is 0 Å². The number of likely N-dealkylation sites (tertiary alicyclic amines) is 1. The highest BCUT2D eigenvalue weighted by atomic mass is 35.5. The van der Waals surface area contributed by atoms with Gasteiger partial charge in [-0.05, 0) is 36.6 Å². The number of amides is 1. The summed E-state index contributed by atoms with van der Waals surface area (Å²) in [6.07, 6.45) is -4.66. The van der Waals surface area contributed by atoms with Crippen LogP contribution in [0.2, 0.25) is 5.02 Å². The number of ether oxygens (including phenoxy) is 1. The Morgan fingerprint density at radius 3 is 2.64 bits per heavy atom. The SMILES string of the molecule is CC(=O)N1CC[C@H](n2c(O[C@H]3C[C@@H](C(O)O)N(c4nc(C(F)F)nc5c4oc4ccccc45)C3)nc3cccc(Cl)c32)[C@@H](C)C1. The Bertz CT molecular complexity index is 1910. The lowest BCUT2D eigenvalue weighted by molar-refractivity contribution is -0.131. The second-order valence-corrected chi connectivity index (χ2v) is 12.2. The van der Waals surface area contributed by atoms with Gasteiger partial charge in [-0.3, -0.25) is 9.36 Å². The van der Waals surface area contributed by atoms with Crippen LogP contribution >= 0.6 is 11.6 Å². The van der Waals surface area contributed by atoms with Crippen LogP contribution in [0.1, 0.15) is 45.0 Å². The lowest BCUT2D eigenvalue weighted by Gasteiger charge is -2.38. The van der Waals surface area contributed by atoms with Crippen LogP contribution in [0, 0.1) is 5.92 Å². The van der Waals surface area contributed by atoms with Crippen molar-refractivity contribution in [2.75, 3.05) is 24.5 Å². The number of piperidine rings is 1. The van der Waals surface area contributed by atoms with Crippen molar-refractivity contribution >= 4 is 56.4 Å². The highest BCUT2D eigenvalue weighted by Gasteiger charge is 2.42. The first-order valence-electron chi connectivity index (χ1n) is 14.8. The minimum atomic E-state index is -2.96. The predicted octanol–water partition coefficient (Wildman–Crippen LogP) is 5.08. The molecule has 5 heterocycles. The number of para-hydroxylation sites is 2. The van der Waals surface area contributed by atoms with Crippen LogP contribution < -0.4 is 9.64 Å². The number of hydrogen-bond acceptors (Lipinski definition) is 9. The Kier molecular flexibility index (Phi) is 7.49. The Morgan fingerprint density at radius 2 is 1.91 bits per heavy atom. The van der Waals surface area contributed by atoms with Gasteiger partial charge in [-0.2, -0.15) is 4.98 Å². The zero-order valence-electron chi connectivity index (χ0n) is 24.5. The molecular formula is C31H31ClF2N6O5. The maximum atomic E-state index is 14.0. The van der Waals surface area contributed by atoms with E-state index in [2.05, 4.69) is 16.9 Å². The Hall–Kier alpha value is -4.07. The molecule has 2 fully saturated rings. The molecule has 0 unspecified atom stereocenters. The van der Waals surface area contributed by atoms with Gasteiger partial charge >= 0.3 is 0 Å². The Labute approximate surface area is 261 Å². The van der Waals surface area contributed by atoms with Crippen molar-refractivity contribution in [1.29, 1.82) is 0 Å². The van der Waals surface area contributed by atoms with Crippen LogP contribution in [0.3, 0.4) is 0 Å². The number of anilines is 1. The third kappa shape index (κ3) is 5.12. The second kappa shape index (κ2) is 11.4. The first kappa shape index (κ1) is 29.6. The summed E-state index contributed by atoms with van der Waals surface area (Å²) in [5, 5.41) is 21.9. The summed E-state index contributed by atoms with van der Waals surface area (Å²) in [6, 6.07) is 11.6. The number of carbonyl (C=O) groups excluding carboxylic acids is 1. The van der Waals surface area contributed by atoms with E-state index in [4.69, 9.17) is 25.7 Å². The van der Waals surface area contributed by atoms with Crippen LogP contribution in [0.4, 0.5) is 14.6 Å². The average Bonchev–Trinajstić information content (AvgIpc) is 3.70. The Morgan fingerprint density at radius 1 is 1.11 bits per heavy atom. The van der Waals surface area contributed by atoms with Gasteiger partial charge in [0.2, 0.25) is 5.91 Å². The number of imidazole rings is 1. The summed E-state index contributed by atoms with van der Waals surface area (Å²) in [6.45, 7) is 4.83. The molecule has 2 saturated heterocycles. The molecule has 5 aromatic rings. The zero-order chi connectivity index (χ0) is 31.6. The molecule has 2 aliphatic heterocycles. The van der Waals surface area contributed by atoms with Gasteiger partial charge in [0.05, 0.1) is 28.6 Å². The molecule has 2 aromatic carbocycles. The number of alkyl halides is 2. The van der Waals surface area contributed by atoms with Gasteiger partial charge in [0, 0.05) is 37.9 Å². The number of halogens is 3. The van der Waals surface area contributed by atoms with Gasteiger partial charge in [0.15, 0.2) is 23.5 Å². The third-order valence-corrected chi connectivity index (χ3v) is 9.18. The van der Waals surface area contributed by atoms with Crippen LogP contribution in [0.25, 0.3) is 33.1 Å². The molecule has 7 rings (SSSR count). The molecule has 4 atom stereocenters. The van der Waals surface area contributed by atoms with Gasteiger partial charge in [0.25, 0.3) is 12.4 Å². The van der Waals surface area contributed by atoms with Crippen molar-refractivity contribution < 1.29 is 32.9 Å². The van der Waals surface area contributed by atoms with Gasteiger partial charge in [-0.15, -0.1) is 0 Å². The fourth-order valence-corrected chi connectivity index (χ4v) is 7.01. The van der Waals surface area contributed by atoms with Crippen LogP contribution in [-0.2, 0) is 4.79 Å². The summed E-state index contributed by atoms with van der Waals surface area (Å²) in [5.74, 6) is -0.594. The number of aliphatic hydroxyl groups excluding tert-OH is 1. The summed E-state index contributed by atoms with van der Waals surface area (Å²) in [7, 11) is 0. The molecule has 0 spiro atoms. The van der Waals surface area contributed by atoms with E-state index in [1.807, 2.05) is 15.5 Å². The van der Waals surface area contributed by atoms with Crippen molar-refractivity contribution in [2.45, 2.75) is 57.6 Å². The van der Waals surface area contributed by atoms with E-state index in [9.17, 15) is 23.8 Å². The number of hydrogen-bond donors (Lipinski definition) is 2. The first-order valence-corrected chi connectivity index (χ1v) is 15.2. The smallest absolute Gasteiger partial charge is 0.298 e. The maximum absolute atomic E-state index is 14.0. The quantitative estimate of drug-likeness (QED) is 0.244. The van der Waals surface area contributed by atoms with Crippen molar-refractivity contribution in [1.82, 2.24) is 24.4 Å². The Balaban J connectivity index is 1.27. The minimum absolute atomic E-state index is 0.0169. The molecule has 0 saturated carbocycles. The van der Waals surface area contributed by atoms with Crippen molar-refractivity contribution in [3.05, 3.63) is 53.3 Å². The topological polar surface area (TPSA) is 130 Å². The molecule has 11 nitrogen and oxygen atoms in total. The van der Waals surface area contributed by atoms with E-state index < -0.39 is 30.7 Å². The zero-order valence-corrected chi connectivity index (χ0v) is 25.2. The molecule has 0 radical (unpaired) electrons. The number of benzene rings is 2. The highest BCUT2D eigenvalue weighted by molar-refractivity contribution is 6.35. The molecular weight excluding hydrogens is 610 g/mol. The second-order valence-electron chi connectivity index (χ2n) is 11.8. The molecule has 2 N–H and O–H groups in total. The lowest BCUT2D eigenvalue weighted by Crippen LogP contribution is -2.42. The molecule has 2 aliphatic rings. The molecule has 0 bridgehead atoms. The first-order chi connectivity index (χ1) is 21.6. The fraction of sp³-hybridized carbons (Fsp3) is 0.419. The van der Waals surface area contributed by atoms with Gasteiger partial charge in [-0.25, -0.2) is 18.7 Å². The molecule has 0 aliphatic carbocycles. The average molecular weight is 641 g/mol. The number of fused-ring (bicyclic) bond motifs is 4. The molecule has 1 amide bonds. The number of aromatic nitrogens is 4. The van der Waals surface area contributed by atoms with Crippen LogP contribution in [-0.4, -0.2) is 78.6 Å². The van der Waals surface area contributed by atoms with Crippen molar-refractivity contribution in [2.24, 2.45) is 5.92 Å². The monoisotopic (exact) mass is 640 g/mol. The largest absolute Gasteiger partial charge is 0.459 e. The van der Waals surface area contributed by atoms with E-state index in [1.54, 1.807) is 43.3 Å². The van der Waals surface area contributed by atoms with Gasteiger partial charge < -0.3 is 29.2 Å². The van der Waals surface area contributed by atoms with Crippen molar-refractivity contribution in [3.63, 3.8) is 0 Å². The number of rotatable bonds is 6. The number of nitrogens with zero attached hydrogens (tertiary/aromatic N) is 6. The lowest BCUT2D eigenvalue weighted by atomic mass is 9.93. The third-order valence-electron chi connectivity index (χ3n) is 8.87. The summed E-state index contributed by atoms with van der Waals surface area (Å²) in [4.78, 5) is 28.4. The molecule has 236 valence electrons. The van der Waals surface area contributed by atoms with E-state index in [-0.39, 0.29) is 47.8 Å². The molecule has 45 heavy (non-hydrogen) atoms. The minimum Gasteiger partial charge on any atom is -0.459 e. The maximum Gasteiger partial charge on any atom is 0.298 e. The summed E-state index contributed by atoms with van der Waals surface area (Å²) >= 11 is 6.69. The molecule has 3 aromatic heterocycles. The number of aliphatic hydroxyl groups is 2. The van der Waals surface area contributed by atoms with E-state index in [0.29, 0.717) is 52.5 Å². The van der Waals surface area contributed by atoms with E-state index >= 15 is 0 Å². The van der Waals surface area contributed by atoms with E-state index in [1.165, 1.54) is 4.90 Å². The number of furan rings is 1. The fourth-order valence-electron chi connectivity index (χ4n) is 6.75. The van der Waals surface area contributed by atoms with Gasteiger partial charge in [-0.1, -0.05) is 36.7 Å². The summed E-state index contributed by atoms with van der Waals surface area (Å²) in [5.41, 5.74) is 2.16. The molecule has 14 heteroatoms. The standard InChI is InChI=1S/C31H31ClF2N6O5/c1-15-13-38(16(2)41)11-10-21(15)40-25-19(32)7-5-8-20(25)35-31(40)44-17-12-22(30(42)43)39(14-17)29-26-24(36-28(37-29)27(33)34)18-6-3-4-9-23(18)45-26/h3-9,15,17,21-22,27,30,42-43H,10-14H2,1-2H3/t15-,17-,21-,22-/m0/s1. The van der Waals surface area contributed by atoms with Gasteiger partial charge in [0.1, 0.15) is 17.2 Å². The van der Waals surface area contributed by atoms with Crippen LogP contribution in [0.15, 0.2) is 46.9 Å².